The van der Waals surface area contributed by atoms with Crippen LogP contribution in [0, 0.1) is 5.82 Å². The van der Waals surface area contributed by atoms with E-state index in [1.165, 1.54) is 12.3 Å². The summed E-state index contributed by atoms with van der Waals surface area (Å²) in [5.41, 5.74) is 1.38. The van der Waals surface area contributed by atoms with Gasteiger partial charge in [-0.15, -0.1) is 5.10 Å². The van der Waals surface area contributed by atoms with Crippen molar-refractivity contribution >= 4 is 17.5 Å². The van der Waals surface area contributed by atoms with Crippen molar-refractivity contribution in [1.82, 2.24) is 15.2 Å². The highest BCUT2D eigenvalue weighted by Crippen LogP contribution is 2.30. The Kier molecular flexibility index (Phi) is 5.98. The van der Waals surface area contributed by atoms with Gasteiger partial charge in [0.05, 0.1) is 20.4 Å². The number of rotatable bonds is 8. The normalized spacial score (nSPS) is 10.3. The zero-order valence-electron chi connectivity index (χ0n) is 15.1. The van der Waals surface area contributed by atoms with E-state index >= 15 is 0 Å². The number of halogens is 1. The van der Waals surface area contributed by atoms with Gasteiger partial charge in [-0.05, 0) is 30.2 Å². The fourth-order valence-corrected chi connectivity index (χ4v) is 2.51. The van der Waals surface area contributed by atoms with Crippen LogP contribution in [0.1, 0.15) is 5.56 Å². The van der Waals surface area contributed by atoms with E-state index in [0.717, 1.165) is 5.69 Å². The van der Waals surface area contributed by atoms with E-state index in [1.54, 1.807) is 38.5 Å². The average Bonchev–Trinajstić information content (AvgIpc) is 2.69. The maximum atomic E-state index is 13.6. The first-order valence-electron chi connectivity index (χ1n) is 8.35. The van der Waals surface area contributed by atoms with E-state index in [0.29, 0.717) is 41.8 Å². The van der Waals surface area contributed by atoms with Crippen LogP contribution >= 0.6 is 0 Å². The van der Waals surface area contributed by atoms with Crippen LogP contribution < -0.4 is 20.1 Å². The molecule has 0 atom stereocenters. The van der Waals surface area contributed by atoms with E-state index in [4.69, 9.17) is 9.47 Å². The van der Waals surface area contributed by atoms with Crippen LogP contribution in [-0.4, -0.2) is 35.9 Å². The lowest BCUT2D eigenvalue weighted by Crippen LogP contribution is -2.09. The highest BCUT2D eigenvalue weighted by Gasteiger charge is 2.07. The lowest BCUT2D eigenvalue weighted by molar-refractivity contribution is 0.355. The molecule has 0 saturated heterocycles. The summed E-state index contributed by atoms with van der Waals surface area (Å²) < 4.78 is 24.1. The highest BCUT2D eigenvalue weighted by atomic mass is 19.1. The van der Waals surface area contributed by atoms with Crippen molar-refractivity contribution in [2.45, 2.75) is 6.42 Å². The Balaban J connectivity index is 1.63. The van der Waals surface area contributed by atoms with Crippen LogP contribution in [0.25, 0.3) is 0 Å². The van der Waals surface area contributed by atoms with E-state index in [2.05, 4.69) is 25.8 Å². The largest absolute Gasteiger partial charge is 0.493 e. The summed E-state index contributed by atoms with van der Waals surface area (Å²) in [6.07, 6.45) is 2.05. The second-order valence-corrected chi connectivity index (χ2v) is 5.63. The van der Waals surface area contributed by atoms with Crippen LogP contribution in [0.15, 0.2) is 48.7 Å². The van der Waals surface area contributed by atoms with Gasteiger partial charge in [0.25, 0.3) is 0 Å². The SMILES string of the molecule is COc1ccc(Nc2nncc(NCCc3ccccc3F)n2)cc1OC. The van der Waals surface area contributed by atoms with Gasteiger partial charge in [-0.1, -0.05) is 18.2 Å². The number of anilines is 3. The molecule has 3 aromatic rings. The third-order valence-corrected chi connectivity index (χ3v) is 3.86. The van der Waals surface area contributed by atoms with Crippen molar-refractivity contribution < 1.29 is 13.9 Å². The molecule has 140 valence electrons. The topological polar surface area (TPSA) is 81.2 Å². The summed E-state index contributed by atoms with van der Waals surface area (Å²) in [5.74, 6) is 1.89. The van der Waals surface area contributed by atoms with Crippen molar-refractivity contribution in [1.29, 1.82) is 0 Å². The molecule has 3 rings (SSSR count). The molecule has 27 heavy (non-hydrogen) atoms. The third-order valence-electron chi connectivity index (χ3n) is 3.86. The van der Waals surface area contributed by atoms with Gasteiger partial charge in [0.15, 0.2) is 17.3 Å². The fourth-order valence-electron chi connectivity index (χ4n) is 2.51. The van der Waals surface area contributed by atoms with E-state index < -0.39 is 0 Å². The van der Waals surface area contributed by atoms with Crippen LogP contribution in [-0.2, 0) is 6.42 Å². The Bertz CT molecular complexity index is 907. The van der Waals surface area contributed by atoms with Gasteiger partial charge in [0.1, 0.15) is 5.82 Å². The number of aromatic nitrogens is 3. The van der Waals surface area contributed by atoms with Crippen molar-refractivity contribution in [2.75, 3.05) is 31.4 Å². The summed E-state index contributed by atoms with van der Waals surface area (Å²) in [7, 11) is 3.15. The number of nitrogens with zero attached hydrogens (tertiary/aromatic N) is 3. The molecule has 0 saturated carbocycles. The molecule has 0 radical (unpaired) electrons. The molecule has 0 aliphatic carbocycles. The molecule has 0 amide bonds. The highest BCUT2D eigenvalue weighted by molar-refractivity contribution is 5.60. The van der Waals surface area contributed by atoms with Crippen LogP contribution in [0.4, 0.5) is 21.8 Å². The Hall–Kier alpha value is -3.42. The minimum atomic E-state index is -0.212. The lowest BCUT2D eigenvalue weighted by Gasteiger charge is -2.11. The van der Waals surface area contributed by atoms with Crippen molar-refractivity contribution in [3.05, 3.63) is 60.0 Å². The number of ether oxygens (including phenoxy) is 2. The summed E-state index contributed by atoms with van der Waals surface area (Å²) >= 11 is 0. The molecule has 0 fully saturated rings. The fraction of sp³-hybridized carbons (Fsp3) is 0.211. The Morgan fingerprint density at radius 1 is 1.04 bits per heavy atom. The van der Waals surface area contributed by atoms with Crippen molar-refractivity contribution in [3.63, 3.8) is 0 Å². The Labute approximate surface area is 156 Å². The smallest absolute Gasteiger partial charge is 0.249 e. The van der Waals surface area contributed by atoms with Crippen molar-refractivity contribution in [2.24, 2.45) is 0 Å². The summed E-state index contributed by atoms with van der Waals surface area (Å²) in [5, 5.41) is 14.1. The molecule has 0 spiro atoms. The quantitative estimate of drug-likeness (QED) is 0.629. The first-order chi connectivity index (χ1) is 13.2. The zero-order valence-corrected chi connectivity index (χ0v) is 15.1. The second kappa shape index (κ2) is 8.79. The molecule has 7 nitrogen and oxygen atoms in total. The predicted octanol–water partition coefficient (Wildman–Crippen LogP) is 3.43. The number of benzene rings is 2. The summed E-state index contributed by atoms with van der Waals surface area (Å²) in [4.78, 5) is 4.36. The number of nitrogens with one attached hydrogen (secondary N) is 2. The summed E-state index contributed by atoms with van der Waals surface area (Å²) in [6, 6.07) is 12.1. The van der Waals surface area contributed by atoms with E-state index in [-0.39, 0.29) is 5.82 Å². The second-order valence-electron chi connectivity index (χ2n) is 5.63. The van der Waals surface area contributed by atoms with Crippen LogP contribution in [0.2, 0.25) is 0 Å². The molecule has 2 aromatic carbocycles. The third kappa shape index (κ3) is 4.81. The van der Waals surface area contributed by atoms with E-state index in [9.17, 15) is 4.39 Å². The minimum Gasteiger partial charge on any atom is -0.493 e. The zero-order chi connectivity index (χ0) is 19.1. The molecule has 2 N–H and O–H groups in total. The van der Waals surface area contributed by atoms with Gasteiger partial charge < -0.3 is 20.1 Å². The maximum Gasteiger partial charge on any atom is 0.249 e. The Morgan fingerprint density at radius 3 is 2.63 bits per heavy atom. The van der Waals surface area contributed by atoms with Gasteiger partial charge in [0, 0.05) is 18.3 Å². The van der Waals surface area contributed by atoms with Crippen LogP contribution in [0.3, 0.4) is 0 Å². The minimum absolute atomic E-state index is 0.212. The standard InChI is InChI=1S/C19H20FN5O2/c1-26-16-8-7-14(11-17(16)27-2)23-19-24-18(12-22-25-19)21-10-9-13-5-3-4-6-15(13)20/h3-8,11-12H,9-10H2,1-2H3,(H2,21,23,24,25). The number of hydrogen-bond acceptors (Lipinski definition) is 7. The molecule has 0 bridgehead atoms. The summed E-state index contributed by atoms with van der Waals surface area (Å²) in [6.45, 7) is 0.523. The van der Waals surface area contributed by atoms with Gasteiger partial charge in [-0.2, -0.15) is 10.1 Å². The average molecular weight is 369 g/mol. The molecular formula is C19H20FN5O2. The number of methoxy groups -OCH3 is 2. The van der Waals surface area contributed by atoms with Gasteiger partial charge in [0.2, 0.25) is 5.95 Å². The molecule has 0 aliphatic rings. The number of hydrogen-bond donors (Lipinski definition) is 2. The first kappa shape index (κ1) is 18.4. The molecular weight excluding hydrogens is 349 g/mol. The van der Waals surface area contributed by atoms with Crippen LogP contribution in [0.5, 0.6) is 11.5 Å². The molecule has 1 heterocycles. The molecule has 1 aromatic heterocycles. The van der Waals surface area contributed by atoms with Crippen molar-refractivity contribution in [3.8, 4) is 11.5 Å². The predicted molar refractivity (Wildman–Crippen MR) is 101 cm³/mol. The van der Waals surface area contributed by atoms with Gasteiger partial charge in [-0.3, -0.25) is 0 Å². The Morgan fingerprint density at radius 2 is 1.85 bits per heavy atom. The van der Waals surface area contributed by atoms with Gasteiger partial charge in [-0.25, -0.2) is 4.39 Å². The van der Waals surface area contributed by atoms with Gasteiger partial charge >= 0.3 is 0 Å². The maximum absolute atomic E-state index is 13.6. The molecule has 8 heteroatoms. The molecule has 0 aliphatic heterocycles. The first-order valence-corrected chi connectivity index (χ1v) is 8.35. The monoisotopic (exact) mass is 369 g/mol. The lowest BCUT2D eigenvalue weighted by atomic mass is 10.1. The van der Waals surface area contributed by atoms with E-state index in [1.807, 2.05) is 12.1 Å². The molecule has 0 unspecified atom stereocenters.